The van der Waals surface area contributed by atoms with Gasteiger partial charge in [0.15, 0.2) is 5.96 Å². The third-order valence-electron chi connectivity index (χ3n) is 5.88. The molecule has 0 aliphatic rings. The second-order valence-electron chi connectivity index (χ2n) is 9.86. The minimum Gasteiger partial charge on any atom is -0.508 e. The number of nitrogens with zero attached hydrogens (tertiary/aromatic N) is 1. The zero-order valence-corrected chi connectivity index (χ0v) is 24.1. The van der Waals surface area contributed by atoms with E-state index in [-0.39, 0.29) is 43.4 Å². The van der Waals surface area contributed by atoms with Crippen molar-refractivity contribution in [2.75, 3.05) is 18.6 Å². The van der Waals surface area contributed by atoms with Crippen LogP contribution in [0.15, 0.2) is 29.3 Å². The number of phenolic OH excluding ortho intramolecular Hbond substituents is 1. The highest BCUT2D eigenvalue weighted by Gasteiger charge is 2.30. The van der Waals surface area contributed by atoms with Crippen LogP contribution in [0.5, 0.6) is 5.75 Å². The summed E-state index contributed by atoms with van der Waals surface area (Å²) in [4.78, 5) is 55.0. The zero-order chi connectivity index (χ0) is 30.2. The second kappa shape index (κ2) is 17.9. The summed E-state index contributed by atoms with van der Waals surface area (Å²) in [5.41, 5.74) is 17.3. The van der Waals surface area contributed by atoms with Crippen LogP contribution in [-0.4, -0.2) is 82.6 Å². The Kier molecular flexibility index (Phi) is 15.5. The third-order valence-corrected chi connectivity index (χ3v) is 6.52. The minimum absolute atomic E-state index is 0.00771. The molecular formula is C26H43N7O6S. The Balaban J connectivity index is 3.18. The number of rotatable bonds is 18. The van der Waals surface area contributed by atoms with Gasteiger partial charge in [-0.1, -0.05) is 26.0 Å². The molecule has 14 heteroatoms. The Morgan fingerprint density at radius 1 is 0.925 bits per heavy atom. The van der Waals surface area contributed by atoms with Crippen molar-refractivity contribution in [3.63, 3.8) is 0 Å². The summed E-state index contributed by atoms with van der Waals surface area (Å²) in [6, 6.07) is 1.84. The number of carboxylic acids is 1. The van der Waals surface area contributed by atoms with Crippen LogP contribution in [-0.2, 0) is 25.6 Å². The lowest BCUT2D eigenvalue weighted by molar-refractivity contribution is -0.142. The van der Waals surface area contributed by atoms with Gasteiger partial charge in [-0.05, 0) is 61.3 Å². The molecule has 0 bridgehead atoms. The topological polar surface area (TPSA) is 235 Å². The predicted molar refractivity (Wildman–Crippen MR) is 156 cm³/mol. The average Bonchev–Trinajstić information content (AvgIpc) is 2.88. The standard InChI is InChI=1S/C26H43N7O6S/c1-15(2)13-21(25(38)39)33-24(37)20(14-16-6-8-17(34)9-7-16)32-23(36)19(5-4-11-30-26(28)29)31-22(35)18(27)10-12-40-3/h6-9,15,18-21,34H,4-5,10-14,27H2,1-3H3,(H,31,35)(H,32,36)(H,33,37)(H,38,39)(H4,28,29,30). The van der Waals surface area contributed by atoms with Crippen LogP contribution in [0.1, 0.15) is 45.1 Å². The first-order valence-corrected chi connectivity index (χ1v) is 14.4. The van der Waals surface area contributed by atoms with E-state index in [0.717, 1.165) is 0 Å². The number of guanidine groups is 1. The maximum atomic E-state index is 13.4. The van der Waals surface area contributed by atoms with Crippen molar-refractivity contribution >= 4 is 41.4 Å². The molecule has 224 valence electrons. The second-order valence-corrected chi connectivity index (χ2v) is 10.8. The van der Waals surface area contributed by atoms with E-state index in [1.165, 1.54) is 23.9 Å². The molecule has 4 unspecified atom stereocenters. The largest absolute Gasteiger partial charge is 0.508 e. The van der Waals surface area contributed by atoms with Crippen LogP contribution < -0.4 is 33.2 Å². The number of carboxylic acid groups (broad SMARTS) is 1. The van der Waals surface area contributed by atoms with Gasteiger partial charge in [-0.15, -0.1) is 0 Å². The maximum Gasteiger partial charge on any atom is 0.326 e. The normalized spacial score (nSPS) is 13.9. The molecule has 0 saturated heterocycles. The number of aliphatic carboxylic acids is 1. The molecule has 40 heavy (non-hydrogen) atoms. The fraction of sp³-hybridized carbons (Fsp3) is 0.577. The van der Waals surface area contributed by atoms with Gasteiger partial charge in [0.2, 0.25) is 17.7 Å². The molecule has 0 aliphatic heterocycles. The Bertz CT molecular complexity index is 1000. The maximum absolute atomic E-state index is 13.4. The number of aromatic hydroxyl groups is 1. The Morgan fingerprint density at radius 3 is 2.05 bits per heavy atom. The van der Waals surface area contributed by atoms with Crippen LogP contribution in [0.3, 0.4) is 0 Å². The van der Waals surface area contributed by atoms with Crippen molar-refractivity contribution < 1.29 is 29.4 Å². The smallest absolute Gasteiger partial charge is 0.326 e. The number of phenols is 1. The first-order valence-electron chi connectivity index (χ1n) is 13.1. The SMILES string of the molecule is CSCCC(N)C(=O)NC(CCCN=C(N)N)C(=O)NC(Cc1ccc(O)cc1)C(=O)NC(CC(C)C)C(=O)O. The van der Waals surface area contributed by atoms with Crippen molar-refractivity contribution in [1.29, 1.82) is 0 Å². The van der Waals surface area contributed by atoms with Crippen LogP contribution in [0, 0.1) is 5.92 Å². The molecule has 11 N–H and O–H groups in total. The Hall–Kier alpha value is -3.52. The molecule has 0 aliphatic carbocycles. The van der Waals surface area contributed by atoms with Crippen LogP contribution in [0.25, 0.3) is 0 Å². The Morgan fingerprint density at radius 2 is 1.50 bits per heavy atom. The fourth-order valence-corrected chi connectivity index (χ4v) is 4.23. The molecule has 0 radical (unpaired) electrons. The molecule has 1 rings (SSSR count). The van der Waals surface area contributed by atoms with Crippen molar-refractivity contribution in [3.8, 4) is 5.75 Å². The van der Waals surface area contributed by atoms with E-state index in [9.17, 15) is 29.4 Å². The van der Waals surface area contributed by atoms with Crippen molar-refractivity contribution in [3.05, 3.63) is 29.8 Å². The fourth-order valence-electron chi connectivity index (χ4n) is 3.74. The summed E-state index contributed by atoms with van der Waals surface area (Å²) in [5, 5.41) is 27.0. The number of thioether (sulfide) groups is 1. The third kappa shape index (κ3) is 13.5. The summed E-state index contributed by atoms with van der Waals surface area (Å²) in [6.07, 6.45) is 3.00. The van der Waals surface area contributed by atoms with Crippen molar-refractivity contribution in [1.82, 2.24) is 16.0 Å². The lowest BCUT2D eigenvalue weighted by Gasteiger charge is -2.26. The lowest BCUT2D eigenvalue weighted by atomic mass is 10.0. The van der Waals surface area contributed by atoms with E-state index < -0.39 is 47.9 Å². The van der Waals surface area contributed by atoms with Crippen LogP contribution >= 0.6 is 11.8 Å². The van der Waals surface area contributed by atoms with Crippen molar-refractivity contribution in [2.24, 2.45) is 28.1 Å². The minimum atomic E-state index is -1.19. The number of hydrogen-bond donors (Lipinski definition) is 8. The molecule has 13 nitrogen and oxygen atoms in total. The number of nitrogens with two attached hydrogens (primary N) is 3. The molecule has 0 spiro atoms. The summed E-state index contributed by atoms with van der Waals surface area (Å²) in [5.74, 6) is -2.49. The monoisotopic (exact) mass is 581 g/mol. The number of hydrogen-bond acceptors (Lipinski definition) is 8. The molecule has 0 aromatic heterocycles. The summed E-state index contributed by atoms with van der Waals surface area (Å²) in [6.45, 7) is 3.88. The number of nitrogens with one attached hydrogen (secondary N) is 3. The van der Waals surface area contributed by atoms with Crippen LogP contribution in [0.2, 0.25) is 0 Å². The number of amides is 3. The van der Waals surface area contributed by atoms with E-state index in [2.05, 4.69) is 20.9 Å². The van der Waals surface area contributed by atoms with E-state index in [1.807, 2.05) is 20.1 Å². The average molecular weight is 582 g/mol. The van der Waals surface area contributed by atoms with Gasteiger partial charge >= 0.3 is 5.97 Å². The highest BCUT2D eigenvalue weighted by Crippen LogP contribution is 2.13. The van der Waals surface area contributed by atoms with Crippen LogP contribution in [0.4, 0.5) is 0 Å². The lowest BCUT2D eigenvalue weighted by Crippen LogP contribution is -2.57. The van der Waals surface area contributed by atoms with E-state index >= 15 is 0 Å². The van der Waals surface area contributed by atoms with E-state index in [0.29, 0.717) is 24.2 Å². The van der Waals surface area contributed by atoms with Gasteiger partial charge in [0.1, 0.15) is 23.9 Å². The number of carbonyl (C=O) groups excluding carboxylic acids is 3. The zero-order valence-electron chi connectivity index (χ0n) is 23.3. The van der Waals surface area contributed by atoms with Gasteiger partial charge in [-0.2, -0.15) is 11.8 Å². The molecule has 4 atom stereocenters. The van der Waals surface area contributed by atoms with Gasteiger partial charge in [0.25, 0.3) is 0 Å². The highest BCUT2D eigenvalue weighted by atomic mass is 32.2. The predicted octanol–water partition coefficient (Wildman–Crippen LogP) is -0.346. The molecular weight excluding hydrogens is 538 g/mol. The van der Waals surface area contributed by atoms with Gasteiger partial charge in [-0.25, -0.2) is 4.79 Å². The molecule has 0 heterocycles. The van der Waals surface area contributed by atoms with Gasteiger partial charge in [0, 0.05) is 13.0 Å². The Labute approximate surface area is 239 Å². The number of aliphatic imine (C=N–C) groups is 1. The number of benzene rings is 1. The van der Waals surface area contributed by atoms with Gasteiger partial charge in [0.05, 0.1) is 6.04 Å². The van der Waals surface area contributed by atoms with Crippen molar-refractivity contribution in [2.45, 2.75) is 70.1 Å². The molecule has 1 aromatic carbocycles. The highest BCUT2D eigenvalue weighted by molar-refractivity contribution is 7.98. The van der Waals surface area contributed by atoms with E-state index in [4.69, 9.17) is 17.2 Å². The molecule has 3 amide bonds. The first-order chi connectivity index (χ1) is 18.8. The summed E-state index contributed by atoms with van der Waals surface area (Å²) in [7, 11) is 0. The molecule has 1 aromatic rings. The van der Waals surface area contributed by atoms with Gasteiger partial charge in [-0.3, -0.25) is 19.4 Å². The van der Waals surface area contributed by atoms with E-state index in [1.54, 1.807) is 12.1 Å². The quantitative estimate of drug-likeness (QED) is 0.0637. The molecule has 0 saturated carbocycles. The molecule has 0 fully saturated rings. The summed E-state index contributed by atoms with van der Waals surface area (Å²) < 4.78 is 0. The number of carbonyl (C=O) groups is 4. The first kappa shape index (κ1) is 34.5. The summed E-state index contributed by atoms with van der Waals surface area (Å²) >= 11 is 1.54. The van der Waals surface area contributed by atoms with Gasteiger partial charge < -0.3 is 43.4 Å².